The normalized spacial score (nSPS) is 20.4. The van der Waals surface area contributed by atoms with Crippen molar-refractivity contribution in [3.05, 3.63) is 59.0 Å². The summed E-state index contributed by atoms with van der Waals surface area (Å²) >= 11 is 5.80. The van der Waals surface area contributed by atoms with Crippen LogP contribution in [-0.4, -0.2) is 23.0 Å². The number of nitrogens with one attached hydrogen (secondary N) is 1. The number of ether oxygens (including phenoxy) is 1. The van der Waals surface area contributed by atoms with Crippen LogP contribution < -0.4 is 10.1 Å². The summed E-state index contributed by atoms with van der Waals surface area (Å²) in [7, 11) is 0. The van der Waals surface area contributed by atoms with Crippen LogP contribution in [0.1, 0.15) is 36.0 Å². The molecule has 0 saturated heterocycles. The summed E-state index contributed by atoms with van der Waals surface area (Å²) in [5.74, 6) is -0.0832. The summed E-state index contributed by atoms with van der Waals surface area (Å²) in [4.78, 5) is 16.3. The third-order valence-electron chi connectivity index (χ3n) is 4.08. The van der Waals surface area contributed by atoms with Gasteiger partial charge in [-0.1, -0.05) is 17.7 Å². The number of rotatable bonds is 4. The van der Waals surface area contributed by atoms with Crippen LogP contribution in [0.4, 0.5) is 4.39 Å². The Hall–Kier alpha value is -2.14. The monoisotopic (exact) mass is 348 g/mol. The maximum atomic E-state index is 13.2. The van der Waals surface area contributed by atoms with Gasteiger partial charge in [-0.25, -0.2) is 9.37 Å². The highest BCUT2D eigenvalue weighted by molar-refractivity contribution is 6.30. The third-order valence-corrected chi connectivity index (χ3v) is 4.31. The Labute approximate surface area is 145 Å². The van der Waals surface area contributed by atoms with Crippen LogP contribution in [0, 0.1) is 5.82 Å². The van der Waals surface area contributed by atoms with E-state index in [9.17, 15) is 9.18 Å². The maximum absolute atomic E-state index is 13.2. The second kappa shape index (κ2) is 7.62. The molecule has 1 aromatic heterocycles. The average molecular weight is 349 g/mol. The maximum Gasteiger partial charge on any atom is 0.251 e. The van der Waals surface area contributed by atoms with E-state index >= 15 is 0 Å². The summed E-state index contributed by atoms with van der Waals surface area (Å²) in [5, 5.41) is 3.54. The highest BCUT2D eigenvalue weighted by atomic mass is 35.5. The number of nitrogens with zero attached hydrogens (tertiary/aromatic N) is 1. The van der Waals surface area contributed by atoms with Crippen LogP contribution in [0.5, 0.6) is 5.88 Å². The largest absolute Gasteiger partial charge is 0.474 e. The lowest BCUT2D eigenvalue weighted by Crippen LogP contribution is -2.39. The molecule has 126 valence electrons. The lowest BCUT2D eigenvalue weighted by atomic mass is 9.92. The zero-order valence-corrected chi connectivity index (χ0v) is 13.8. The fourth-order valence-corrected chi connectivity index (χ4v) is 2.94. The highest BCUT2D eigenvalue weighted by Crippen LogP contribution is 2.23. The fraction of sp³-hybridized carbons (Fsp3) is 0.333. The van der Waals surface area contributed by atoms with E-state index in [2.05, 4.69) is 10.3 Å². The summed E-state index contributed by atoms with van der Waals surface area (Å²) in [6.07, 6.45) is 4.94. The first-order chi connectivity index (χ1) is 11.6. The zero-order chi connectivity index (χ0) is 16.9. The summed E-state index contributed by atoms with van der Waals surface area (Å²) in [5.41, 5.74) is 0.346. The van der Waals surface area contributed by atoms with Gasteiger partial charge in [-0.15, -0.1) is 0 Å². The van der Waals surface area contributed by atoms with E-state index in [0.717, 1.165) is 25.7 Å². The van der Waals surface area contributed by atoms with Gasteiger partial charge in [0.25, 0.3) is 5.91 Å². The number of amides is 1. The topological polar surface area (TPSA) is 51.2 Å². The number of benzene rings is 1. The Bertz CT molecular complexity index is 700. The molecule has 1 fully saturated rings. The van der Waals surface area contributed by atoms with Crippen LogP contribution in [-0.2, 0) is 0 Å². The lowest BCUT2D eigenvalue weighted by molar-refractivity contribution is 0.0889. The predicted octanol–water partition coefficient (Wildman–Crippen LogP) is 3.99. The van der Waals surface area contributed by atoms with Gasteiger partial charge in [0.15, 0.2) is 0 Å². The first-order valence-corrected chi connectivity index (χ1v) is 8.32. The van der Waals surface area contributed by atoms with Crippen molar-refractivity contribution in [3.63, 3.8) is 0 Å². The van der Waals surface area contributed by atoms with Gasteiger partial charge < -0.3 is 10.1 Å². The Balaban J connectivity index is 1.48. The average Bonchev–Trinajstić information content (AvgIpc) is 2.59. The van der Waals surface area contributed by atoms with Crippen molar-refractivity contribution in [2.45, 2.75) is 37.8 Å². The van der Waals surface area contributed by atoms with Crippen molar-refractivity contribution in [1.29, 1.82) is 0 Å². The third kappa shape index (κ3) is 4.45. The Kier molecular flexibility index (Phi) is 5.30. The van der Waals surface area contributed by atoms with Gasteiger partial charge in [-0.05, 0) is 49.9 Å². The summed E-state index contributed by atoms with van der Waals surface area (Å²) in [6.45, 7) is 0. The van der Waals surface area contributed by atoms with Crippen molar-refractivity contribution in [2.24, 2.45) is 0 Å². The molecule has 4 nitrogen and oxygen atoms in total. The Morgan fingerprint density at radius 3 is 2.67 bits per heavy atom. The van der Waals surface area contributed by atoms with Gasteiger partial charge in [0.05, 0.1) is 5.02 Å². The molecule has 0 bridgehead atoms. The number of halogens is 2. The van der Waals surface area contributed by atoms with Gasteiger partial charge in [0.2, 0.25) is 5.88 Å². The fourth-order valence-electron chi connectivity index (χ4n) is 2.83. The molecule has 0 spiro atoms. The van der Waals surface area contributed by atoms with Crippen molar-refractivity contribution >= 4 is 17.5 Å². The van der Waals surface area contributed by atoms with Crippen LogP contribution in [0.25, 0.3) is 0 Å². The molecular weight excluding hydrogens is 331 g/mol. The van der Waals surface area contributed by atoms with E-state index in [-0.39, 0.29) is 18.1 Å². The van der Waals surface area contributed by atoms with E-state index in [1.807, 2.05) is 0 Å². The van der Waals surface area contributed by atoms with Gasteiger partial charge in [0.1, 0.15) is 11.9 Å². The van der Waals surface area contributed by atoms with Crippen LogP contribution in [0.15, 0.2) is 42.6 Å². The van der Waals surface area contributed by atoms with Crippen molar-refractivity contribution in [1.82, 2.24) is 10.3 Å². The molecule has 1 aliphatic rings. The van der Waals surface area contributed by atoms with Crippen molar-refractivity contribution in [2.75, 3.05) is 0 Å². The molecule has 0 unspecified atom stereocenters. The molecule has 6 heteroatoms. The standard InChI is InChI=1S/C18H18ClFN2O2/c19-13-4-9-17(21-11-13)24-16-7-5-15(6-8-16)22-18(23)12-2-1-3-14(20)10-12/h1-4,9-11,15-16H,5-8H2,(H,22,23). The van der Waals surface area contributed by atoms with Crippen molar-refractivity contribution in [3.8, 4) is 5.88 Å². The first-order valence-electron chi connectivity index (χ1n) is 7.95. The van der Waals surface area contributed by atoms with Crippen LogP contribution >= 0.6 is 11.6 Å². The molecule has 1 N–H and O–H groups in total. The van der Waals surface area contributed by atoms with Crippen molar-refractivity contribution < 1.29 is 13.9 Å². The Morgan fingerprint density at radius 2 is 2.00 bits per heavy atom. The Morgan fingerprint density at radius 1 is 1.21 bits per heavy atom. The molecule has 1 heterocycles. The SMILES string of the molecule is O=C(NC1CCC(Oc2ccc(Cl)cn2)CC1)c1cccc(F)c1. The van der Waals surface area contributed by atoms with E-state index < -0.39 is 5.82 Å². The van der Waals surface area contributed by atoms with Gasteiger partial charge in [-0.3, -0.25) is 4.79 Å². The van der Waals surface area contributed by atoms with Gasteiger partial charge in [0, 0.05) is 23.9 Å². The van der Waals surface area contributed by atoms with Gasteiger partial charge >= 0.3 is 0 Å². The predicted molar refractivity (Wildman–Crippen MR) is 89.8 cm³/mol. The minimum absolute atomic E-state index is 0.0822. The number of aromatic nitrogens is 1. The minimum Gasteiger partial charge on any atom is -0.474 e. The van der Waals surface area contributed by atoms with E-state index in [4.69, 9.17) is 16.3 Å². The lowest BCUT2D eigenvalue weighted by Gasteiger charge is -2.29. The molecule has 0 atom stereocenters. The molecule has 1 amide bonds. The summed E-state index contributed by atoms with van der Waals surface area (Å²) < 4.78 is 19.0. The van der Waals surface area contributed by atoms with Crippen LogP contribution in [0.3, 0.4) is 0 Å². The molecule has 0 aliphatic heterocycles. The molecular formula is C18H18ClFN2O2. The molecule has 3 rings (SSSR count). The number of carbonyl (C=O) groups excluding carboxylic acids is 1. The van der Waals surface area contributed by atoms with E-state index in [1.165, 1.54) is 18.2 Å². The molecule has 1 aliphatic carbocycles. The molecule has 24 heavy (non-hydrogen) atoms. The second-order valence-electron chi connectivity index (χ2n) is 5.89. The smallest absolute Gasteiger partial charge is 0.251 e. The number of hydrogen-bond acceptors (Lipinski definition) is 3. The number of carbonyl (C=O) groups is 1. The quantitative estimate of drug-likeness (QED) is 0.908. The van der Waals surface area contributed by atoms with E-state index in [0.29, 0.717) is 16.5 Å². The second-order valence-corrected chi connectivity index (χ2v) is 6.33. The summed E-state index contributed by atoms with van der Waals surface area (Å²) in [6, 6.07) is 9.29. The van der Waals surface area contributed by atoms with E-state index in [1.54, 1.807) is 24.4 Å². The minimum atomic E-state index is -0.407. The number of pyridine rings is 1. The molecule has 1 aromatic carbocycles. The zero-order valence-electron chi connectivity index (χ0n) is 13.0. The number of hydrogen-bond donors (Lipinski definition) is 1. The molecule has 0 radical (unpaired) electrons. The highest BCUT2D eigenvalue weighted by Gasteiger charge is 2.24. The molecule has 2 aromatic rings. The van der Waals surface area contributed by atoms with Crippen LogP contribution in [0.2, 0.25) is 5.02 Å². The molecule has 1 saturated carbocycles. The van der Waals surface area contributed by atoms with Gasteiger partial charge in [-0.2, -0.15) is 0 Å². The first kappa shape index (κ1) is 16.7.